The summed E-state index contributed by atoms with van der Waals surface area (Å²) in [7, 11) is 1.62. The molecule has 0 spiro atoms. The molecule has 1 N–H and O–H groups in total. The van der Waals surface area contributed by atoms with Gasteiger partial charge in [0, 0.05) is 12.4 Å². The van der Waals surface area contributed by atoms with Crippen molar-refractivity contribution >= 4 is 11.6 Å². The average Bonchev–Trinajstić information content (AvgIpc) is 3.52. The smallest absolute Gasteiger partial charge is 0.270 e. The van der Waals surface area contributed by atoms with Gasteiger partial charge in [0.1, 0.15) is 17.0 Å². The first kappa shape index (κ1) is 17.3. The van der Waals surface area contributed by atoms with Crippen LogP contribution in [0, 0.1) is 12.8 Å². The summed E-state index contributed by atoms with van der Waals surface area (Å²) in [6, 6.07) is 11.2. The van der Waals surface area contributed by atoms with E-state index >= 15 is 0 Å². The Hall–Kier alpha value is -3.15. The lowest BCUT2D eigenvalue weighted by Gasteiger charge is -2.19. The third-order valence-electron chi connectivity index (χ3n) is 5.03. The highest BCUT2D eigenvalue weighted by molar-refractivity contribution is 5.94. The number of fused-ring (bicyclic) bond motifs is 1. The number of aryl methyl sites for hydroxylation is 1. The molecule has 1 amide bonds. The number of methoxy groups -OCH3 is 1. The number of aromatic nitrogens is 2. The maximum atomic E-state index is 12.8. The van der Waals surface area contributed by atoms with E-state index in [9.17, 15) is 9.59 Å². The topological polar surface area (TPSA) is 72.7 Å². The molecule has 1 atom stereocenters. The van der Waals surface area contributed by atoms with Crippen molar-refractivity contribution in [2.24, 2.45) is 5.92 Å². The zero-order chi connectivity index (χ0) is 19.0. The Balaban J connectivity index is 1.64. The number of benzene rings is 1. The first-order valence-electron chi connectivity index (χ1n) is 9.00. The molecule has 0 bridgehead atoms. The van der Waals surface area contributed by atoms with Crippen molar-refractivity contribution in [3.8, 4) is 5.75 Å². The van der Waals surface area contributed by atoms with Crippen LogP contribution in [0.2, 0.25) is 0 Å². The van der Waals surface area contributed by atoms with Gasteiger partial charge in [0.2, 0.25) is 0 Å². The lowest BCUT2D eigenvalue weighted by Crippen LogP contribution is -2.35. The molecule has 6 nitrogen and oxygen atoms in total. The maximum absolute atomic E-state index is 12.8. The SMILES string of the molecule is COc1ccc([C@@H](NC(=O)c2cnc3c(C)cccn3c2=O)C2CC2)cc1. The number of nitrogens with one attached hydrogen (secondary N) is 1. The summed E-state index contributed by atoms with van der Waals surface area (Å²) in [5.74, 6) is 0.767. The van der Waals surface area contributed by atoms with Crippen LogP contribution in [0.3, 0.4) is 0 Å². The number of pyridine rings is 1. The van der Waals surface area contributed by atoms with Gasteiger partial charge in [-0.3, -0.25) is 14.0 Å². The molecule has 6 heteroatoms. The standard InChI is InChI=1S/C21H21N3O3/c1-13-4-3-11-24-19(13)22-12-17(21(24)26)20(25)23-18(14-5-6-14)15-7-9-16(27-2)10-8-15/h3-4,7-12,14,18H,5-6H2,1-2H3,(H,23,25)/t18-/m0/s1. The Morgan fingerprint density at radius 2 is 2.00 bits per heavy atom. The highest BCUT2D eigenvalue weighted by Gasteiger charge is 2.34. The molecule has 2 aromatic heterocycles. The van der Waals surface area contributed by atoms with Crippen LogP contribution < -0.4 is 15.6 Å². The summed E-state index contributed by atoms with van der Waals surface area (Å²) in [5, 5.41) is 3.04. The summed E-state index contributed by atoms with van der Waals surface area (Å²) in [6.45, 7) is 1.88. The number of rotatable bonds is 5. The van der Waals surface area contributed by atoms with Crippen LogP contribution in [-0.4, -0.2) is 22.4 Å². The molecular formula is C21H21N3O3. The number of amides is 1. The lowest BCUT2D eigenvalue weighted by molar-refractivity contribution is 0.0929. The number of hydrogen-bond donors (Lipinski definition) is 1. The van der Waals surface area contributed by atoms with Crippen LogP contribution >= 0.6 is 0 Å². The minimum Gasteiger partial charge on any atom is -0.497 e. The second kappa shape index (κ2) is 6.87. The number of hydrogen-bond acceptors (Lipinski definition) is 4. The molecule has 1 aliphatic rings. The van der Waals surface area contributed by atoms with Crippen LogP contribution in [0.15, 0.2) is 53.6 Å². The van der Waals surface area contributed by atoms with Gasteiger partial charge < -0.3 is 10.1 Å². The maximum Gasteiger partial charge on any atom is 0.270 e. The Kier molecular flexibility index (Phi) is 4.39. The van der Waals surface area contributed by atoms with Gasteiger partial charge in [0.05, 0.1) is 13.2 Å². The molecule has 2 heterocycles. The van der Waals surface area contributed by atoms with Crippen molar-refractivity contribution in [2.75, 3.05) is 7.11 Å². The minimum absolute atomic E-state index is 0.0530. The zero-order valence-electron chi connectivity index (χ0n) is 15.3. The normalized spacial score (nSPS) is 14.7. The molecule has 3 aromatic rings. The van der Waals surface area contributed by atoms with Crippen LogP contribution in [0.1, 0.15) is 40.4 Å². The van der Waals surface area contributed by atoms with E-state index in [0.29, 0.717) is 11.6 Å². The molecule has 1 aromatic carbocycles. The van der Waals surface area contributed by atoms with E-state index in [-0.39, 0.29) is 17.2 Å². The Morgan fingerprint density at radius 1 is 1.26 bits per heavy atom. The molecule has 0 radical (unpaired) electrons. The van der Waals surface area contributed by atoms with Crippen molar-refractivity contribution < 1.29 is 9.53 Å². The molecule has 138 valence electrons. The van der Waals surface area contributed by atoms with Crippen molar-refractivity contribution in [3.63, 3.8) is 0 Å². The third-order valence-corrected chi connectivity index (χ3v) is 5.03. The minimum atomic E-state index is -0.392. The fraction of sp³-hybridized carbons (Fsp3) is 0.286. The van der Waals surface area contributed by atoms with Gasteiger partial charge in [-0.05, 0) is 55.0 Å². The third kappa shape index (κ3) is 3.30. The Labute approximate surface area is 156 Å². The number of ether oxygens (including phenoxy) is 1. The summed E-state index contributed by atoms with van der Waals surface area (Å²) in [6.07, 6.45) is 5.13. The van der Waals surface area contributed by atoms with E-state index in [1.54, 1.807) is 19.4 Å². The van der Waals surface area contributed by atoms with Crippen LogP contribution in [0.4, 0.5) is 0 Å². The predicted octanol–water partition coefficient (Wildman–Crippen LogP) is 2.89. The monoisotopic (exact) mass is 363 g/mol. The van der Waals surface area contributed by atoms with Gasteiger partial charge in [-0.25, -0.2) is 4.98 Å². The lowest BCUT2D eigenvalue weighted by atomic mass is 10.0. The summed E-state index contributed by atoms with van der Waals surface area (Å²) >= 11 is 0. The molecule has 1 fully saturated rings. The Morgan fingerprint density at radius 3 is 2.67 bits per heavy atom. The van der Waals surface area contributed by atoms with Gasteiger partial charge in [0.15, 0.2) is 0 Å². The van der Waals surface area contributed by atoms with E-state index in [2.05, 4.69) is 10.3 Å². The quantitative estimate of drug-likeness (QED) is 0.756. The van der Waals surface area contributed by atoms with E-state index in [0.717, 1.165) is 29.7 Å². The second-order valence-corrected chi connectivity index (χ2v) is 6.92. The van der Waals surface area contributed by atoms with Gasteiger partial charge in [-0.2, -0.15) is 0 Å². The number of nitrogens with zero attached hydrogens (tertiary/aromatic N) is 2. The van der Waals surface area contributed by atoms with E-state index in [1.165, 1.54) is 10.6 Å². The average molecular weight is 363 g/mol. The van der Waals surface area contributed by atoms with Crippen molar-refractivity contribution in [1.82, 2.24) is 14.7 Å². The summed E-state index contributed by atoms with van der Waals surface area (Å²) in [4.78, 5) is 29.9. The van der Waals surface area contributed by atoms with Gasteiger partial charge >= 0.3 is 0 Å². The zero-order valence-corrected chi connectivity index (χ0v) is 15.3. The van der Waals surface area contributed by atoms with Gasteiger partial charge in [0.25, 0.3) is 11.5 Å². The van der Waals surface area contributed by atoms with Gasteiger partial charge in [-0.15, -0.1) is 0 Å². The Bertz CT molecular complexity index is 1050. The predicted molar refractivity (Wildman–Crippen MR) is 102 cm³/mol. The molecule has 1 saturated carbocycles. The van der Waals surface area contributed by atoms with E-state index in [1.807, 2.05) is 37.3 Å². The molecule has 0 unspecified atom stereocenters. The molecule has 0 aliphatic heterocycles. The molecule has 4 rings (SSSR count). The molecule has 0 saturated heterocycles. The summed E-state index contributed by atoms with van der Waals surface area (Å²) in [5.41, 5.74) is 2.16. The molecular weight excluding hydrogens is 342 g/mol. The van der Waals surface area contributed by atoms with Crippen LogP contribution in [0.25, 0.3) is 5.65 Å². The van der Waals surface area contributed by atoms with Crippen molar-refractivity contribution in [2.45, 2.75) is 25.8 Å². The summed E-state index contributed by atoms with van der Waals surface area (Å²) < 4.78 is 6.62. The fourth-order valence-corrected chi connectivity index (χ4v) is 3.34. The largest absolute Gasteiger partial charge is 0.497 e. The first-order chi connectivity index (χ1) is 13.1. The van der Waals surface area contributed by atoms with Gasteiger partial charge in [-0.1, -0.05) is 18.2 Å². The highest BCUT2D eigenvalue weighted by Crippen LogP contribution is 2.41. The van der Waals surface area contributed by atoms with Crippen molar-refractivity contribution in [3.05, 3.63) is 75.8 Å². The first-order valence-corrected chi connectivity index (χ1v) is 9.00. The van der Waals surface area contributed by atoms with E-state index < -0.39 is 5.91 Å². The van der Waals surface area contributed by atoms with Crippen molar-refractivity contribution in [1.29, 1.82) is 0 Å². The number of carbonyl (C=O) groups is 1. The van der Waals surface area contributed by atoms with Crippen LogP contribution in [0.5, 0.6) is 5.75 Å². The van der Waals surface area contributed by atoms with E-state index in [4.69, 9.17) is 4.74 Å². The highest BCUT2D eigenvalue weighted by atomic mass is 16.5. The van der Waals surface area contributed by atoms with Crippen LogP contribution in [-0.2, 0) is 0 Å². The molecule has 1 aliphatic carbocycles. The second-order valence-electron chi connectivity index (χ2n) is 6.92. The molecule has 27 heavy (non-hydrogen) atoms. The number of carbonyl (C=O) groups excluding carboxylic acids is 1. The fourth-order valence-electron chi connectivity index (χ4n) is 3.34.